The molecule has 0 atom stereocenters. The Morgan fingerprint density at radius 2 is 1.89 bits per heavy atom. The second-order valence-corrected chi connectivity index (χ2v) is 8.00. The van der Waals surface area contributed by atoms with Crippen molar-refractivity contribution in [3.63, 3.8) is 0 Å². The fourth-order valence-electron chi connectivity index (χ4n) is 2.97. The molecule has 0 spiro atoms. The van der Waals surface area contributed by atoms with E-state index >= 15 is 0 Å². The summed E-state index contributed by atoms with van der Waals surface area (Å²) in [4.78, 5) is 24.8. The summed E-state index contributed by atoms with van der Waals surface area (Å²) in [5, 5.41) is 7.38. The lowest BCUT2D eigenvalue weighted by molar-refractivity contribution is -0.119. The van der Waals surface area contributed by atoms with E-state index in [9.17, 15) is 9.59 Å². The van der Waals surface area contributed by atoms with Crippen molar-refractivity contribution in [2.45, 2.75) is 54.0 Å². The van der Waals surface area contributed by atoms with Gasteiger partial charge in [0, 0.05) is 12.2 Å². The first-order valence-electron chi connectivity index (χ1n) is 9.41. The second-order valence-electron chi connectivity index (χ2n) is 7.65. The second kappa shape index (κ2) is 9.24. The van der Waals surface area contributed by atoms with Gasteiger partial charge < -0.3 is 10.1 Å². The fraction of sp³-hybridized carbons (Fsp3) is 0.476. The first kappa shape index (κ1) is 22.0. The Morgan fingerprint density at radius 1 is 1.21 bits per heavy atom. The zero-order valence-corrected chi connectivity index (χ0v) is 18.1. The number of hydrogen-bond donors (Lipinski definition) is 1. The van der Waals surface area contributed by atoms with E-state index in [4.69, 9.17) is 16.3 Å². The largest absolute Gasteiger partial charge is 0.452 e. The van der Waals surface area contributed by atoms with Crippen LogP contribution in [0.1, 0.15) is 60.8 Å². The van der Waals surface area contributed by atoms with Crippen LogP contribution < -0.4 is 5.32 Å². The number of para-hydroxylation sites is 1. The molecule has 2 aromatic rings. The highest BCUT2D eigenvalue weighted by Gasteiger charge is 2.23. The lowest BCUT2D eigenvalue weighted by Crippen LogP contribution is -2.22. The SMILES string of the molecule is Cc1cccc(C(C)C)c1NC(=O)COC(=O)c1c(C)nn(CC(C)C)c1Cl. The maximum Gasteiger partial charge on any atom is 0.343 e. The van der Waals surface area contributed by atoms with E-state index in [0.717, 1.165) is 16.8 Å². The molecular weight excluding hydrogens is 378 g/mol. The molecule has 1 aromatic carbocycles. The number of carbonyl (C=O) groups excluding carboxylic acids is 2. The van der Waals surface area contributed by atoms with Crippen molar-refractivity contribution in [3.8, 4) is 0 Å². The average molecular weight is 406 g/mol. The summed E-state index contributed by atoms with van der Waals surface area (Å²) in [7, 11) is 0. The molecule has 0 unspecified atom stereocenters. The van der Waals surface area contributed by atoms with Gasteiger partial charge in [-0.2, -0.15) is 5.10 Å². The van der Waals surface area contributed by atoms with Gasteiger partial charge in [0.2, 0.25) is 0 Å². The fourth-order valence-corrected chi connectivity index (χ4v) is 3.29. The molecule has 1 N–H and O–H groups in total. The monoisotopic (exact) mass is 405 g/mol. The van der Waals surface area contributed by atoms with Gasteiger partial charge in [0.05, 0.1) is 5.69 Å². The minimum absolute atomic E-state index is 0.203. The van der Waals surface area contributed by atoms with Crippen molar-refractivity contribution < 1.29 is 14.3 Å². The predicted molar refractivity (Wildman–Crippen MR) is 111 cm³/mol. The predicted octanol–water partition coefficient (Wildman–Crippen LogP) is 4.73. The molecule has 0 aliphatic rings. The highest BCUT2D eigenvalue weighted by Crippen LogP contribution is 2.27. The van der Waals surface area contributed by atoms with Gasteiger partial charge in [0.1, 0.15) is 10.7 Å². The van der Waals surface area contributed by atoms with Crippen molar-refractivity contribution >= 4 is 29.2 Å². The molecule has 6 nitrogen and oxygen atoms in total. The number of aryl methyl sites for hydroxylation is 2. The molecule has 0 bridgehead atoms. The van der Waals surface area contributed by atoms with Crippen LogP contribution in [-0.2, 0) is 16.1 Å². The van der Waals surface area contributed by atoms with Crippen molar-refractivity contribution in [2.24, 2.45) is 5.92 Å². The van der Waals surface area contributed by atoms with E-state index in [1.807, 2.05) is 39.0 Å². The first-order chi connectivity index (χ1) is 13.1. The first-order valence-corrected chi connectivity index (χ1v) is 9.79. The molecule has 0 saturated carbocycles. The number of ether oxygens (including phenoxy) is 1. The van der Waals surface area contributed by atoms with E-state index in [2.05, 4.69) is 24.3 Å². The van der Waals surface area contributed by atoms with E-state index in [1.54, 1.807) is 11.6 Å². The summed E-state index contributed by atoms with van der Waals surface area (Å²) in [5.41, 5.74) is 3.44. The molecule has 1 amide bonds. The highest BCUT2D eigenvalue weighted by molar-refractivity contribution is 6.32. The third-order valence-electron chi connectivity index (χ3n) is 4.33. The van der Waals surface area contributed by atoms with Crippen LogP contribution in [0, 0.1) is 19.8 Å². The van der Waals surface area contributed by atoms with Gasteiger partial charge in [-0.25, -0.2) is 4.79 Å². The van der Waals surface area contributed by atoms with Crippen LogP contribution in [0.4, 0.5) is 5.69 Å². The molecule has 0 saturated heterocycles. The Morgan fingerprint density at radius 3 is 2.50 bits per heavy atom. The highest BCUT2D eigenvalue weighted by atomic mass is 35.5. The van der Waals surface area contributed by atoms with Crippen LogP contribution in [0.25, 0.3) is 0 Å². The molecule has 1 heterocycles. The minimum Gasteiger partial charge on any atom is -0.452 e. The van der Waals surface area contributed by atoms with E-state index in [-0.39, 0.29) is 16.6 Å². The summed E-state index contributed by atoms with van der Waals surface area (Å²) < 4.78 is 6.78. The molecule has 0 aliphatic heterocycles. The molecule has 0 fully saturated rings. The lowest BCUT2D eigenvalue weighted by Gasteiger charge is -2.16. The number of esters is 1. The van der Waals surface area contributed by atoms with Gasteiger partial charge in [0.25, 0.3) is 5.91 Å². The van der Waals surface area contributed by atoms with Crippen LogP contribution in [0.5, 0.6) is 0 Å². The van der Waals surface area contributed by atoms with Crippen molar-refractivity contribution in [3.05, 3.63) is 45.7 Å². The van der Waals surface area contributed by atoms with Gasteiger partial charge in [0.15, 0.2) is 6.61 Å². The number of amides is 1. The van der Waals surface area contributed by atoms with Gasteiger partial charge >= 0.3 is 5.97 Å². The van der Waals surface area contributed by atoms with Gasteiger partial charge in [-0.1, -0.05) is 57.5 Å². The van der Waals surface area contributed by atoms with Crippen molar-refractivity contribution in [1.29, 1.82) is 0 Å². The van der Waals surface area contributed by atoms with Crippen molar-refractivity contribution in [2.75, 3.05) is 11.9 Å². The van der Waals surface area contributed by atoms with Crippen LogP contribution in [0.2, 0.25) is 5.15 Å². The third-order valence-corrected chi connectivity index (χ3v) is 4.72. The molecule has 2 rings (SSSR count). The summed E-state index contributed by atoms with van der Waals surface area (Å²) in [6, 6.07) is 5.87. The van der Waals surface area contributed by atoms with Crippen molar-refractivity contribution in [1.82, 2.24) is 9.78 Å². The summed E-state index contributed by atoms with van der Waals surface area (Å²) in [6.45, 7) is 12.0. The molecule has 0 radical (unpaired) electrons. The number of carbonyl (C=O) groups is 2. The maximum absolute atomic E-state index is 12.4. The Balaban J connectivity index is 2.06. The van der Waals surface area contributed by atoms with Crippen LogP contribution in [-0.4, -0.2) is 28.3 Å². The molecule has 152 valence electrons. The Kier molecular flexibility index (Phi) is 7.24. The molecule has 7 heteroatoms. The number of nitrogens with zero attached hydrogens (tertiary/aromatic N) is 2. The smallest absolute Gasteiger partial charge is 0.343 e. The zero-order valence-electron chi connectivity index (χ0n) is 17.3. The Bertz CT molecular complexity index is 872. The summed E-state index contributed by atoms with van der Waals surface area (Å²) >= 11 is 6.29. The van der Waals surface area contributed by atoms with E-state index < -0.39 is 18.5 Å². The Labute approximate surface area is 171 Å². The Hall–Kier alpha value is -2.34. The summed E-state index contributed by atoms with van der Waals surface area (Å²) in [6.07, 6.45) is 0. The van der Waals surface area contributed by atoms with Crippen LogP contribution in [0.15, 0.2) is 18.2 Å². The number of rotatable bonds is 7. The van der Waals surface area contributed by atoms with E-state index in [1.165, 1.54) is 0 Å². The number of benzene rings is 1. The number of hydrogen-bond acceptors (Lipinski definition) is 4. The maximum atomic E-state index is 12.4. The van der Waals surface area contributed by atoms with Gasteiger partial charge in [-0.05, 0) is 36.8 Å². The molecule has 28 heavy (non-hydrogen) atoms. The number of halogens is 1. The lowest BCUT2D eigenvalue weighted by atomic mass is 9.98. The average Bonchev–Trinajstić information content (AvgIpc) is 2.87. The normalized spacial score (nSPS) is 11.2. The third kappa shape index (κ3) is 5.13. The van der Waals surface area contributed by atoms with Crippen LogP contribution >= 0.6 is 11.6 Å². The quantitative estimate of drug-likeness (QED) is 0.676. The zero-order chi connectivity index (χ0) is 21.0. The molecule has 0 aliphatic carbocycles. The number of anilines is 1. The van der Waals surface area contributed by atoms with E-state index in [0.29, 0.717) is 18.2 Å². The van der Waals surface area contributed by atoms with Gasteiger partial charge in [-0.15, -0.1) is 0 Å². The molecular formula is C21H28ClN3O3. The minimum atomic E-state index is -0.651. The number of aromatic nitrogens is 2. The number of nitrogens with one attached hydrogen (secondary N) is 1. The van der Waals surface area contributed by atoms with Gasteiger partial charge in [-0.3, -0.25) is 9.48 Å². The summed E-state index contributed by atoms with van der Waals surface area (Å²) in [5.74, 6) is -0.462. The molecule has 1 aromatic heterocycles. The van der Waals surface area contributed by atoms with Crippen LogP contribution in [0.3, 0.4) is 0 Å². The standard InChI is InChI=1S/C21H28ClN3O3/c1-12(2)10-25-20(22)18(15(6)24-25)21(27)28-11-17(26)23-19-14(5)8-7-9-16(19)13(3)4/h7-9,12-13H,10-11H2,1-6H3,(H,23,26). The topological polar surface area (TPSA) is 73.2 Å².